The molecular weight excluding hydrogens is 444 g/mol. The third-order valence-corrected chi connectivity index (χ3v) is 6.58. The van der Waals surface area contributed by atoms with Gasteiger partial charge in [0.1, 0.15) is 0 Å². The Bertz CT molecular complexity index is 1020. The molecule has 1 saturated carbocycles. The van der Waals surface area contributed by atoms with Crippen molar-refractivity contribution in [3.63, 3.8) is 0 Å². The van der Waals surface area contributed by atoms with Gasteiger partial charge in [-0.1, -0.05) is 57.5 Å². The predicted molar refractivity (Wildman–Crippen MR) is 120 cm³/mol. The first-order chi connectivity index (χ1) is 14.6. The first-order valence-electron chi connectivity index (χ1n) is 9.97. The number of rotatable bonds is 5. The molecule has 0 saturated heterocycles. The van der Waals surface area contributed by atoms with E-state index >= 15 is 0 Å². The number of fused-ring (bicyclic) bond motifs is 3. The lowest BCUT2D eigenvalue weighted by Crippen LogP contribution is -2.44. The van der Waals surface area contributed by atoms with Gasteiger partial charge in [0.2, 0.25) is 5.91 Å². The van der Waals surface area contributed by atoms with Crippen molar-refractivity contribution < 1.29 is 9.53 Å². The number of anilines is 1. The zero-order valence-corrected chi connectivity index (χ0v) is 18.3. The molecule has 1 aliphatic heterocycles. The zero-order chi connectivity index (χ0) is 21.3. The number of azide groups is 1. The second kappa shape index (κ2) is 8.64. The lowest BCUT2D eigenvalue weighted by Gasteiger charge is -2.45. The number of nitrogens with zero attached hydrogens (tertiary/aromatic N) is 4. The Kier molecular flexibility index (Phi) is 5.95. The van der Waals surface area contributed by atoms with E-state index in [1.54, 1.807) is 13.0 Å². The van der Waals surface area contributed by atoms with Crippen LogP contribution in [0.5, 0.6) is 0 Å². The molecule has 1 fully saturated rings. The van der Waals surface area contributed by atoms with Gasteiger partial charge in [0.25, 0.3) is 0 Å². The van der Waals surface area contributed by atoms with Crippen molar-refractivity contribution in [2.45, 2.75) is 37.5 Å². The first kappa shape index (κ1) is 20.7. The summed E-state index contributed by atoms with van der Waals surface area (Å²) in [5, 5.41) is 4.08. The first-order valence-corrected chi connectivity index (χ1v) is 10.8. The van der Waals surface area contributed by atoms with Crippen LogP contribution in [0.4, 0.5) is 5.69 Å². The van der Waals surface area contributed by atoms with E-state index in [-0.39, 0.29) is 35.9 Å². The molecular formula is C23H23BrN4O2. The summed E-state index contributed by atoms with van der Waals surface area (Å²) in [7, 11) is 0. The van der Waals surface area contributed by atoms with Gasteiger partial charge in [0.05, 0.1) is 24.8 Å². The molecule has 6 nitrogen and oxygen atoms in total. The van der Waals surface area contributed by atoms with Crippen LogP contribution in [0.15, 0.2) is 70.8 Å². The second-order valence-electron chi connectivity index (χ2n) is 7.73. The fourth-order valence-corrected chi connectivity index (χ4v) is 5.55. The lowest BCUT2D eigenvalue weighted by atomic mass is 9.75. The van der Waals surface area contributed by atoms with Gasteiger partial charge >= 0.3 is 0 Å². The van der Waals surface area contributed by atoms with Crippen LogP contribution in [0, 0.1) is 5.92 Å². The van der Waals surface area contributed by atoms with Gasteiger partial charge in [-0.05, 0) is 47.2 Å². The SMILES string of the molecule is C=CCO[C@@H]1[C@@H]2c3ccccc3N(C(C)=O)[C@H](c3cccc(Br)c3)[C@@H]2C[C@H]1N=[N+]=[N-]. The summed E-state index contributed by atoms with van der Waals surface area (Å²) in [5.74, 6) is 0.0568. The van der Waals surface area contributed by atoms with Crippen LogP contribution < -0.4 is 4.90 Å². The molecule has 4 rings (SSSR count). The number of halogens is 1. The number of ether oxygens (including phenoxy) is 1. The largest absolute Gasteiger partial charge is 0.373 e. The normalized spacial score (nSPS) is 27.0. The number of carbonyl (C=O) groups is 1. The smallest absolute Gasteiger partial charge is 0.224 e. The van der Waals surface area contributed by atoms with Gasteiger partial charge in [-0.25, -0.2) is 0 Å². The van der Waals surface area contributed by atoms with Crippen LogP contribution in [0.1, 0.15) is 36.4 Å². The molecule has 2 aliphatic rings. The van der Waals surface area contributed by atoms with E-state index in [1.807, 2.05) is 35.2 Å². The molecule has 2 aromatic carbocycles. The topological polar surface area (TPSA) is 78.3 Å². The van der Waals surface area contributed by atoms with Crippen molar-refractivity contribution in [3.8, 4) is 0 Å². The van der Waals surface area contributed by atoms with Crippen LogP contribution in [0.25, 0.3) is 10.4 Å². The van der Waals surface area contributed by atoms with E-state index in [1.165, 1.54) is 0 Å². The van der Waals surface area contributed by atoms with Gasteiger partial charge < -0.3 is 9.64 Å². The highest BCUT2D eigenvalue weighted by atomic mass is 79.9. The Hall–Kier alpha value is -2.60. The average molecular weight is 467 g/mol. The van der Waals surface area contributed by atoms with Crippen LogP contribution in [-0.2, 0) is 9.53 Å². The van der Waals surface area contributed by atoms with E-state index in [9.17, 15) is 10.3 Å². The highest BCUT2D eigenvalue weighted by Gasteiger charge is 2.53. The van der Waals surface area contributed by atoms with Crippen LogP contribution in [0.2, 0.25) is 0 Å². The summed E-state index contributed by atoms with van der Waals surface area (Å²) in [6.07, 6.45) is 2.09. The molecule has 0 aromatic heterocycles. The molecule has 7 heteroatoms. The van der Waals surface area contributed by atoms with Crippen molar-refractivity contribution >= 4 is 27.5 Å². The lowest BCUT2D eigenvalue weighted by molar-refractivity contribution is -0.117. The average Bonchev–Trinajstić information content (AvgIpc) is 3.09. The molecule has 2 aromatic rings. The second-order valence-corrected chi connectivity index (χ2v) is 8.65. The molecule has 0 N–H and O–H groups in total. The monoisotopic (exact) mass is 466 g/mol. The molecule has 0 unspecified atom stereocenters. The van der Waals surface area contributed by atoms with Gasteiger partial charge in [-0.3, -0.25) is 4.79 Å². The van der Waals surface area contributed by atoms with E-state index in [2.05, 4.69) is 50.7 Å². The molecule has 0 spiro atoms. The predicted octanol–water partition coefficient (Wildman–Crippen LogP) is 5.91. The number of carbonyl (C=O) groups excluding carboxylic acids is 1. The van der Waals surface area contributed by atoms with E-state index in [0.29, 0.717) is 13.0 Å². The Morgan fingerprint density at radius 2 is 2.17 bits per heavy atom. The van der Waals surface area contributed by atoms with Gasteiger partial charge in [0.15, 0.2) is 0 Å². The van der Waals surface area contributed by atoms with Crippen LogP contribution in [-0.4, -0.2) is 24.7 Å². The quantitative estimate of drug-likeness (QED) is 0.237. The van der Waals surface area contributed by atoms with E-state index < -0.39 is 0 Å². The highest BCUT2D eigenvalue weighted by Crippen LogP contribution is 2.57. The molecule has 0 radical (unpaired) electrons. The Labute approximate surface area is 184 Å². The minimum Gasteiger partial charge on any atom is -0.373 e. The Morgan fingerprint density at radius 1 is 1.37 bits per heavy atom. The molecule has 30 heavy (non-hydrogen) atoms. The van der Waals surface area contributed by atoms with Crippen LogP contribution in [0.3, 0.4) is 0 Å². The van der Waals surface area contributed by atoms with Crippen molar-refractivity contribution in [2.24, 2.45) is 11.0 Å². The molecule has 5 atom stereocenters. The summed E-state index contributed by atoms with van der Waals surface area (Å²) >= 11 is 3.57. The maximum absolute atomic E-state index is 12.9. The van der Waals surface area contributed by atoms with Crippen molar-refractivity contribution in [3.05, 3.63) is 87.2 Å². The summed E-state index contributed by atoms with van der Waals surface area (Å²) in [6.45, 7) is 5.75. The molecule has 1 amide bonds. The molecule has 154 valence electrons. The fraction of sp³-hybridized carbons (Fsp3) is 0.348. The van der Waals surface area contributed by atoms with Gasteiger partial charge in [-0.2, -0.15) is 0 Å². The van der Waals surface area contributed by atoms with Gasteiger partial charge in [0, 0.05) is 27.9 Å². The molecule has 1 heterocycles. The Morgan fingerprint density at radius 3 is 2.87 bits per heavy atom. The minimum atomic E-state index is -0.306. The summed E-state index contributed by atoms with van der Waals surface area (Å²) in [4.78, 5) is 17.8. The minimum absolute atomic E-state index is 0.0104. The fourth-order valence-electron chi connectivity index (χ4n) is 5.13. The third-order valence-electron chi connectivity index (χ3n) is 6.08. The summed E-state index contributed by atoms with van der Waals surface area (Å²) in [5.41, 5.74) is 12.2. The summed E-state index contributed by atoms with van der Waals surface area (Å²) in [6, 6.07) is 15.6. The maximum Gasteiger partial charge on any atom is 0.224 e. The summed E-state index contributed by atoms with van der Waals surface area (Å²) < 4.78 is 7.11. The van der Waals surface area contributed by atoms with Crippen molar-refractivity contribution in [1.82, 2.24) is 0 Å². The molecule has 0 bridgehead atoms. The number of benzene rings is 2. The van der Waals surface area contributed by atoms with Crippen LogP contribution >= 0.6 is 15.9 Å². The van der Waals surface area contributed by atoms with E-state index in [4.69, 9.17) is 4.74 Å². The van der Waals surface area contributed by atoms with Crippen molar-refractivity contribution in [1.29, 1.82) is 0 Å². The van der Waals surface area contributed by atoms with E-state index in [0.717, 1.165) is 21.3 Å². The third kappa shape index (κ3) is 3.54. The Balaban J connectivity index is 1.92. The maximum atomic E-state index is 12.9. The number of hydrogen-bond donors (Lipinski definition) is 0. The number of amides is 1. The highest BCUT2D eigenvalue weighted by molar-refractivity contribution is 9.10. The number of hydrogen-bond acceptors (Lipinski definition) is 3. The number of para-hydroxylation sites is 1. The van der Waals surface area contributed by atoms with Gasteiger partial charge in [-0.15, -0.1) is 6.58 Å². The zero-order valence-electron chi connectivity index (χ0n) is 16.7. The standard InChI is InChI=1S/C23H23BrN4O2/c1-3-11-30-23-19(26-27-25)13-18-21(23)17-9-4-5-10-20(17)28(14(2)29)22(18)15-7-6-8-16(24)12-15/h3-10,12,18-19,21-23H,1,11,13H2,2H3/t18-,19-,21-,22-,23+/m1/s1. The van der Waals surface area contributed by atoms with Crippen molar-refractivity contribution in [2.75, 3.05) is 11.5 Å². The molecule has 1 aliphatic carbocycles.